The van der Waals surface area contributed by atoms with Crippen molar-refractivity contribution < 1.29 is 19.1 Å². The standard InChI is InChI=1S/C20H20N4O4S/c1-12-17(18(25)22-13-8-10-14(27-2)11-9-13)29-20(21-12)24-19(26)23-15-6-4-5-7-16(15)28-3/h4-11H,1-3H3,(H,22,25)(H2,21,23,24,26). The molecule has 0 saturated carbocycles. The lowest BCUT2D eigenvalue weighted by Crippen LogP contribution is -2.19. The predicted octanol–water partition coefficient (Wildman–Crippen LogP) is 4.37. The molecule has 3 N–H and O–H groups in total. The Morgan fingerprint density at radius 1 is 0.931 bits per heavy atom. The Balaban J connectivity index is 1.65. The summed E-state index contributed by atoms with van der Waals surface area (Å²) in [4.78, 5) is 29.5. The highest BCUT2D eigenvalue weighted by molar-refractivity contribution is 7.17. The van der Waals surface area contributed by atoms with Crippen LogP contribution in [0.5, 0.6) is 11.5 Å². The van der Waals surface area contributed by atoms with Crippen LogP contribution < -0.4 is 25.4 Å². The number of anilines is 3. The molecule has 3 aromatic rings. The van der Waals surface area contributed by atoms with E-state index in [0.29, 0.717) is 38.6 Å². The number of nitrogens with one attached hydrogen (secondary N) is 3. The van der Waals surface area contributed by atoms with Crippen LogP contribution in [-0.2, 0) is 0 Å². The van der Waals surface area contributed by atoms with Gasteiger partial charge in [-0.15, -0.1) is 0 Å². The van der Waals surface area contributed by atoms with Crippen molar-refractivity contribution in [2.24, 2.45) is 0 Å². The first-order valence-corrected chi connectivity index (χ1v) is 9.45. The number of hydrogen-bond acceptors (Lipinski definition) is 6. The summed E-state index contributed by atoms with van der Waals surface area (Å²) in [5.41, 5.74) is 1.68. The van der Waals surface area contributed by atoms with Crippen LogP contribution in [-0.4, -0.2) is 31.1 Å². The highest BCUT2D eigenvalue weighted by atomic mass is 32.1. The van der Waals surface area contributed by atoms with E-state index in [4.69, 9.17) is 9.47 Å². The molecule has 1 aromatic heterocycles. The summed E-state index contributed by atoms with van der Waals surface area (Å²) in [6.07, 6.45) is 0. The number of rotatable bonds is 6. The van der Waals surface area contributed by atoms with Crippen molar-refractivity contribution >= 4 is 39.8 Å². The monoisotopic (exact) mass is 412 g/mol. The third kappa shape index (κ3) is 5.02. The lowest BCUT2D eigenvalue weighted by molar-refractivity contribution is 0.102. The third-order valence-electron chi connectivity index (χ3n) is 3.93. The van der Waals surface area contributed by atoms with E-state index in [2.05, 4.69) is 20.9 Å². The van der Waals surface area contributed by atoms with Gasteiger partial charge in [0.2, 0.25) is 0 Å². The summed E-state index contributed by atoms with van der Waals surface area (Å²) >= 11 is 1.09. The van der Waals surface area contributed by atoms with Gasteiger partial charge >= 0.3 is 6.03 Å². The third-order valence-corrected chi connectivity index (χ3v) is 5.00. The number of aryl methyl sites for hydroxylation is 1. The quantitative estimate of drug-likeness (QED) is 0.558. The minimum absolute atomic E-state index is 0.302. The highest BCUT2D eigenvalue weighted by Gasteiger charge is 2.17. The largest absolute Gasteiger partial charge is 0.497 e. The summed E-state index contributed by atoms with van der Waals surface area (Å²) in [6, 6.07) is 13.6. The Kier molecular flexibility index (Phi) is 6.30. The number of amides is 3. The van der Waals surface area contributed by atoms with Gasteiger partial charge in [-0.2, -0.15) is 0 Å². The Morgan fingerprint density at radius 2 is 1.66 bits per heavy atom. The summed E-state index contributed by atoms with van der Waals surface area (Å²) in [5, 5.41) is 8.46. The average molecular weight is 412 g/mol. The maximum absolute atomic E-state index is 12.5. The molecule has 0 unspecified atom stereocenters. The molecule has 150 valence electrons. The molecule has 0 bridgehead atoms. The summed E-state index contributed by atoms with van der Waals surface area (Å²) in [6.45, 7) is 1.71. The van der Waals surface area contributed by atoms with Crippen LogP contribution in [0.2, 0.25) is 0 Å². The topological polar surface area (TPSA) is 102 Å². The van der Waals surface area contributed by atoms with Gasteiger partial charge in [0.05, 0.1) is 25.6 Å². The van der Waals surface area contributed by atoms with E-state index in [1.54, 1.807) is 62.6 Å². The SMILES string of the molecule is COc1ccc(NC(=O)c2sc(NC(=O)Nc3ccccc3OC)nc2C)cc1. The normalized spacial score (nSPS) is 10.2. The lowest BCUT2D eigenvalue weighted by atomic mass is 10.3. The zero-order valence-corrected chi connectivity index (χ0v) is 16.9. The molecule has 2 aromatic carbocycles. The van der Waals surface area contributed by atoms with Crippen LogP contribution in [0.3, 0.4) is 0 Å². The van der Waals surface area contributed by atoms with Crippen molar-refractivity contribution in [3.63, 3.8) is 0 Å². The second kappa shape index (κ2) is 9.07. The number of hydrogen-bond donors (Lipinski definition) is 3. The Morgan fingerprint density at radius 3 is 2.34 bits per heavy atom. The van der Waals surface area contributed by atoms with E-state index in [1.807, 2.05) is 0 Å². The zero-order chi connectivity index (χ0) is 20.8. The van der Waals surface area contributed by atoms with Crippen molar-refractivity contribution in [3.8, 4) is 11.5 Å². The van der Waals surface area contributed by atoms with Gasteiger partial charge in [0, 0.05) is 5.69 Å². The van der Waals surface area contributed by atoms with E-state index in [0.717, 1.165) is 11.3 Å². The predicted molar refractivity (Wildman–Crippen MR) is 113 cm³/mol. The number of carbonyl (C=O) groups is 2. The van der Waals surface area contributed by atoms with Crippen LogP contribution in [0.4, 0.5) is 21.3 Å². The van der Waals surface area contributed by atoms with Crippen LogP contribution >= 0.6 is 11.3 Å². The van der Waals surface area contributed by atoms with Gasteiger partial charge in [-0.1, -0.05) is 23.5 Å². The minimum atomic E-state index is -0.481. The molecule has 0 saturated heterocycles. The second-order valence-corrected chi connectivity index (χ2v) is 6.89. The number of aromatic nitrogens is 1. The molecule has 8 nitrogen and oxygen atoms in total. The first-order chi connectivity index (χ1) is 14.0. The van der Waals surface area contributed by atoms with Gasteiger partial charge in [-0.25, -0.2) is 9.78 Å². The average Bonchev–Trinajstić information content (AvgIpc) is 3.09. The fraction of sp³-hybridized carbons (Fsp3) is 0.150. The zero-order valence-electron chi connectivity index (χ0n) is 16.1. The molecule has 0 fully saturated rings. The number of nitrogens with zero attached hydrogens (tertiary/aromatic N) is 1. The van der Waals surface area contributed by atoms with Crippen molar-refractivity contribution in [3.05, 3.63) is 59.1 Å². The maximum Gasteiger partial charge on any atom is 0.325 e. The van der Waals surface area contributed by atoms with E-state index in [1.165, 1.54) is 7.11 Å². The molecule has 3 amide bonds. The van der Waals surface area contributed by atoms with Crippen LogP contribution in [0, 0.1) is 6.92 Å². The number of para-hydroxylation sites is 2. The summed E-state index contributed by atoms with van der Waals surface area (Å²) in [5.74, 6) is 0.936. The first kappa shape index (κ1) is 20.2. The van der Waals surface area contributed by atoms with Crippen LogP contribution in [0.25, 0.3) is 0 Å². The fourth-order valence-electron chi connectivity index (χ4n) is 2.52. The van der Waals surface area contributed by atoms with Gasteiger partial charge in [0.15, 0.2) is 5.13 Å². The van der Waals surface area contributed by atoms with E-state index in [9.17, 15) is 9.59 Å². The second-order valence-electron chi connectivity index (χ2n) is 5.90. The van der Waals surface area contributed by atoms with Gasteiger partial charge < -0.3 is 20.1 Å². The first-order valence-electron chi connectivity index (χ1n) is 8.64. The van der Waals surface area contributed by atoms with Crippen molar-refractivity contribution in [2.75, 3.05) is 30.2 Å². The number of urea groups is 1. The number of carbonyl (C=O) groups excluding carboxylic acids is 2. The molecule has 0 aliphatic heterocycles. The molecular weight excluding hydrogens is 392 g/mol. The van der Waals surface area contributed by atoms with Crippen LogP contribution in [0.15, 0.2) is 48.5 Å². The molecule has 29 heavy (non-hydrogen) atoms. The van der Waals surface area contributed by atoms with E-state index < -0.39 is 6.03 Å². The maximum atomic E-state index is 12.5. The summed E-state index contributed by atoms with van der Waals surface area (Å²) in [7, 11) is 3.10. The summed E-state index contributed by atoms with van der Waals surface area (Å²) < 4.78 is 10.3. The lowest BCUT2D eigenvalue weighted by Gasteiger charge is -2.09. The molecule has 9 heteroatoms. The van der Waals surface area contributed by atoms with Crippen molar-refractivity contribution in [1.29, 1.82) is 0 Å². The van der Waals surface area contributed by atoms with Gasteiger partial charge in [0.1, 0.15) is 16.4 Å². The Labute approximate surface area is 171 Å². The van der Waals surface area contributed by atoms with Gasteiger partial charge in [0.25, 0.3) is 5.91 Å². The molecule has 0 atom stereocenters. The van der Waals surface area contributed by atoms with E-state index >= 15 is 0 Å². The molecule has 1 heterocycles. The smallest absolute Gasteiger partial charge is 0.325 e. The highest BCUT2D eigenvalue weighted by Crippen LogP contribution is 2.26. The number of ether oxygens (including phenoxy) is 2. The Bertz CT molecular complexity index is 1020. The van der Waals surface area contributed by atoms with E-state index in [-0.39, 0.29) is 5.91 Å². The fourth-order valence-corrected chi connectivity index (χ4v) is 3.38. The number of methoxy groups -OCH3 is 2. The number of thiazole rings is 1. The molecular formula is C20H20N4O4S. The number of benzene rings is 2. The molecule has 0 aliphatic carbocycles. The van der Waals surface area contributed by atoms with Crippen molar-refractivity contribution in [2.45, 2.75) is 6.92 Å². The van der Waals surface area contributed by atoms with Gasteiger partial charge in [-0.3, -0.25) is 10.1 Å². The molecule has 0 spiro atoms. The molecule has 3 rings (SSSR count). The van der Waals surface area contributed by atoms with Gasteiger partial charge in [-0.05, 0) is 43.3 Å². The minimum Gasteiger partial charge on any atom is -0.497 e. The van der Waals surface area contributed by atoms with Crippen LogP contribution in [0.1, 0.15) is 15.4 Å². The molecule has 0 aliphatic rings. The molecule has 0 radical (unpaired) electrons. The Hall–Kier alpha value is -3.59. The van der Waals surface area contributed by atoms with Crippen molar-refractivity contribution in [1.82, 2.24) is 4.98 Å².